The molecule has 1 aromatic heterocycles. The molecule has 0 saturated heterocycles. The number of H-pyrrole nitrogens is 1. The van der Waals surface area contributed by atoms with E-state index in [1.54, 1.807) is 0 Å². The lowest BCUT2D eigenvalue weighted by Gasteiger charge is -2.03. The van der Waals surface area contributed by atoms with E-state index in [1.165, 1.54) is 22.0 Å². The van der Waals surface area contributed by atoms with Gasteiger partial charge < -0.3 is 10.3 Å². The Kier molecular flexibility index (Phi) is 2.84. The van der Waals surface area contributed by atoms with Crippen LogP contribution in [-0.2, 0) is 6.54 Å². The van der Waals surface area contributed by atoms with Crippen LogP contribution in [-0.4, -0.2) is 12.0 Å². The average molecular weight is 214 g/mol. The molecule has 0 aliphatic rings. The average Bonchev–Trinajstić information content (AvgIpc) is 2.58. The van der Waals surface area contributed by atoms with E-state index in [-0.39, 0.29) is 0 Å². The van der Waals surface area contributed by atoms with Crippen LogP contribution in [0.3, 0.4) is 0 Å². The van der Waals surface area contributed by atoms with Crippen molar-refractivity contribution in [3.8, 4) is 0 Å². The summed E-state index contributed by atoms with van der Waals surface area (Å²) in [7, 11) is 1.97. The Hall–Kier alpha value is -1.54. The van der Waals surface area contributed by atoms with Gasteiger partial charge in [0.2, 0.25) is 0 Å². The largest absolute Gasteiger partial charge is 0.355 e. The number of hydrogen-bond acceptors (Lipinski definition) is 1. The lowest BCUT2D eigenvalue weighted by atomic mass is 10.1. The minimum Gasteiger partial charge on any atom is -0.355 e. The van der Waals surface area contributed by atoms with Gasteiger partial charge in [-0.05, 0) is 44.2 Å². The van der Waals surface area contributed by atoms with Crippen molar-refractivity contribution in [3.05, 3.63) is 41.6 Å². The zero-order valence-corrected chi connectivity index (χ0v) is 10.1. The van der Waals surface area contributed by atoms with Crippen molar-refractivity contribution in [1.29, 1.82) is 0 Å². The number of aromatic amines is 1. The molecule has 0 radical (unpaired) electrons. The van der Waals surface area contributed by atoms with E-state index >= 15 is 0 Å². The van der Waals surface area contributed by atoms with E-state index in [1.807, 2.05) is 14.0 Å². The Morgan fingerprint density at radius 3 is 2.81 bits per heavy atom. The lowest BCUT2D eigenvalue weighted by molar-refractivity contribution is 0.820. The monoisotopic (exact) mass is 214 g/mol. The number of allylic oxidation sites excluding steroid dienone is 1. The number of aromatic nitrogens is 1. The normalized spacial score (nSPS) is 10.9. The van der Waals surface area contributed by atoms with E-state index in [0.717, 1.165) is 17.8 Å². The van der Waals surface area contributed by atoms with Crippen LogP contribution in [0.15, 0.2) is 24.8 Å². The van der Waals surface area contributed by atoms with Gasteiger partial charge in [-0.2, -0.15) is 0 Å². The first-order chi connectivity index (χ1) is 7.63. The van der Waals surface area contributed by atoms with Crippen molar-refractivity contribution in [2.75, 3.05) is 7.05 Å². The van der Waals surface area contributed by atoms with Crippen LogP contribution in [0.25, 0.3) is 16.5 Å². The highest BCUT2D eigenvalue weighted by atomic mass is 14.8. The third-order valence-electron chi connectivity index (χ3n) is 2.84. The molecular formula is C14H18N2. The summed E-state index contributed by atoms with van der Waals surface area (Å²) in [6.07, 6.45) is 0. The molecule has 0 amide bonds. The molecule has 2 rings (SSSR count). The highest BCUT2D eigenvalue weighted by Crippen LogP contribution is 2.27. The molecule has 16 heavy (non-hydrogen) atoms. The maximum atomic E-state index is 4.03. The van der Waals surface area contributed by atoms with Crippen LogP contribution in [0.2, 0.25) is 0 Å². The third-order valence-corrected chi connectivity index (χ3v) is 2.84. The molecule has 2 aromatic rings. The predicted octanol–water partition coefficient (Wildman–Crippen LogP) is 3.23. The van der Waals surface area contributed by atoms with Crippen molar-refractivity contribution in [2.24, 2.45) is 0 Å². The molecule has 0 atom stereocenters. The van der Waals surface area contributed by atoms with Crippen molar-refractivity contribution >= 4 is 16.5 Å². The van der Waals surface area contributed by atoms with Gasteiger partial charge in [0, 0.05) is 23.1 Å². The van der Waals surface area contributed by atoms with Crippen LogP contribution in [0.5, 0.6) is 0 Å². The van der Waals surface area contributed by atoms with Gasteiger partial charge in [0.05, 0.1) is 0 Å². The van der Waals surface area contributed by atoms with E-state index in [2.05, 4.69) is 42.0 Å². The summed E-state index contributed by atoms with van der Waals surface area (Å²) in [6, 6.07) is 6.49. The van der Waals surface area contributed by atoms with Gasteiger partial charge in [-0.25, -0.2) is 0 Å². The Balaban J connectivity index is 2.71. The van der Waals surface area contributed by atoms with Gasteiger partial charge in [0.15, 0.2) is 0 Å². The molecule has 2 nitrogen and oxygen atoms in total. The molecule has 0 aliphatic heterocycles. The molecule has 0 bridgehead atoms. The van der Waals surface area contributed by atoms with Crippen LogP contribution in [0.1, 0.15) is 23.7 Å². The molecule has 0 unspecified atom stereocenters. The van der Waals surface area contributed by atoms with Crippen LogP contribution in [0, 0.1) is 6.92 Å². The molecule has 2 heteroatoms. The maximum Gasteiger partial charge on any atom is 0.0462 e. The number of hydrogen-bond donors (Lipinski definition) is 2. The second-order valence-electron chi connectivity index (χ2n) is 4.34. The lowest BCUT2D eigenvalue weighted by Crippen LogP contribution is -2.06. The van der Waals surface area contributed by atoms with Crippen molar-refractivity contribution in [2.45, 2.75) is 20.4 Å². The SMILES string of the molecule is C=C(C)c1[nH]c2ccc(C)cc2c1CNC. The van der Waals surface area contributed by atoms with Crippen molar-refractivity contribution in [3.63, 3.8) is 0 Å². The first kappa shape index (κ1) is 11.0. The van der Waals surface area contributed by atoms with Gasteiger partial charge in [-0.3, -0.25) is 0 Å². The molecule has 1 heterocycles. The number of benzene rings is 1. The van der Waals surface area contributed by atoms with Crippen LogP contribution in [0.4, 0.5) is 0 Å². The molecule has 0 saturated carbocycles. The number of aryl methyl sites for hydroxylation is 1. The fraction of sp³-hybridized carbons (Fsp3) is 0.286. The summed E-state index contributed by atoms with van der Waals surface area (Å²) in [6.45, 7) is 9.05. The smallest absolute Gasteiger partial charge is 0.0462 e. The molecule has 1 aromatic carbocycles. The molecule has 0 aliphatic carbocycles. The van der Waals surface area contributed by atoms with Gasteiger partial charge in [-0.15, -0.1) is 0 Å². The van der Waals surface area contributed by atoms with Gasteiger partial charge >= 0.3 is 0 Å². The standard InChI is InChI=1S/C14H18N2/c1-9(2)14-12(8-15-4)11-7-10(3)5-6-13(11)16-14/h5-7,15-16H,1,8H2,2-4H3. The zero-order chi connectivity index (χ0) is 11.7. The van der Waals surface area contributed by atoms with Crippen LogP contribution >= 0.6 is 0 Å². The summed E-state index contributed by atoms with van der Waals surface area (Å²) < 4.78 is 0. The molecule has 0 fully saturated rings. The Labute approximate surface area is 96.4 Å². The first-order valence-corrected chi connectivity index (χ1v) is 5.55. The quantitative estimate of drug-likeness (QED) is 0.806. The van der Waals surface area contributed by atoms with Crippen LogP contribution < -0.4 is 5.32 Å². The second kappa shape index (κ2) is 4.14. The minimum absolute atomic E-state index is 0.867. The Morgan fingerprint density at radius 2 is 2.19 bits per heavy atom. The summed E-state index contributed by atoms with van der Waals surface area (Å²) >= 11 is 0. The summed E-state index contributed by atoms with van der Waals surface area (Å²) in [5, 5.41) is 4.51. The second-order valence-corrected chi connectivity index (χ2v) is 4.34. The van der Waals surface area contributed by atoms with E-state index in [0.29, 0.717) is 0 Å². The number of rotatable bonds is 3. The maximum absolute atomic E-state index is 4.03. The van der Waals surface area contributed by atoms with Gasteiger partial charge in [0.1, 0.15) is 0 Å². The van der Waals surface area contributed by atoms with E-state index in [4.69, 9.17) is 0 Å². The summed E-state index contributed by atoms with van der Waals surface area (Å²) in [4.78, 5) is 3.44. The zero-order valence-electron chi connectivity index (χ0n) is 10.1. The van der Waals surface area contributed by atoms with Gasteiger partial charge in [0.25, 0.3) is 0 Å². The van der Waals surface area contributed by atoms with Gasteiger partial charge in [-0.1, -0.05) is 18.2 Å². The molecule has 2 N–H and O–H groups in total. The highest BCUT2D eigenvalue weighted by Gasteiger charge is 2.10. The Bertz CT molecular complexity index is 535. The first-order valence-electron chi connectivity index (χ1n) is 5.55. The van der Waals surface area contributed by atoms with Crippen molar-refractivity contribution < 1.29 is 0 Å². The fourth-order valence-electron chi connectivity index (χ4n) is 2.09. The summed E-state index contributed by atoms with van der Waals surface area (Å²) in [5.41, 5.74) is 6.04. The third kappa shape index (κ3) is 1.76. The molecule has 84 valence electrons. The highest BCUT2D eigenvalue weighted by molar-refractivity contribution is 5.89. The van der Waals surface area contributed by atoms with E-state index in [9.17, 15) is 0 Å². The molecule has 0 spiro atoms. The number of fused-ring (bicyclic) bond motifs is 1. The predicted molar refractivity (Wildman–Crippen MR) is 70.5 cm³/mol. The number of nitrogens with one attached hydrogen (secondary N) is 2. The Morgan fingerprint density at radius 1 is 1.44 bits per heavy atom. The molecular weight excluding hydrogens is 196 g/mol. The van der Waals surface area contributed by atoms with Crippen molar-refractivity contribution in [1.82, 2.24) is 10.3 Å². The fourth-order valence-corrected chi connectivity index (χ4v) is 2.09. The van der Waals surface area contributed by atoms with E-state index < -0.39 is 0 Å². The topological polar surface area (TPSA) is 27.8 Å². The minimum atomic E-state index is 0.867. The summed E-state index contributed by atoms with van der Waals surface area (Å²) in [5.74, 6) is 0.